The quantitative estimate of drug-likeness (QED) is 0.865. The second-order valence-electron chi connectivity index (χ2n) is 5.83. The lowest BCUT2D eigenvalue weighted by Crippen LogP contribution is -2.35. The van der Waals surface area contributed by atoms with Gasteiger partial charge in [0.1, 0.15) is 12.1 Å². The van der Waals surface area contributed by atoms with E-state index in [1.165, 1.54) is 19.3 Å². The molecule has 98 valence electrons. The first kappa shape index (κ1) is 11.9. The van der Waals surface area contributed by atoms with Gasteiger partial charge in [-0.1, -0.05) is 13.8 Å². The number of nitrogens with zero attached hydrogens (tertiary/aromatic N) is 3. The summed E-state index contributed by atoms with van der Waals surface area (Å²) in [6.07, 6.45) is 5.60. The maximum atomic E-state index is 4.46. The summed E-state index contributed by atoms with van der Waals surface area (Å²) in [5.41, 5.74) is 1.14. The largest absolute Gasteiger partial charge is 0.355 e. The molecule has 1 aromatic heterocycles. The predicted molar refractivity (Wildman–Crippen MR) is 72.9 cm³/mol. The molecule has 2 saturated heterocycles. The molecule has 18 heavy (non-hydrogen) atoms. The van der Waals surface area contributed by atoms with Crippen molar-refractivity contribution < 1.29 is 0 Å². The summed E-state index contributed by atoms with van der Waals surface area (Å²) in [6, 6.07) is 3.53. The van der Waals surface area contributed by atoms with Crippen LogP contribution in [0.2, 0.25) is 0 Å². The average molecular weight is 246 g/mol. The topological polar surface area (TPSA) is 41.0 Å². The number of anilines is 1. The van der Waals surface area contributed by atoms with Gasteiger partial charge in [-0.3, -0.25) is 0 Å². The minimum absolute atomic E-state index is 0.466. The Labute approximate surface area is 109 Å². The minimum Gasteiger partial charge on any atom is -0.355 e. The molecule has 2 fully saturated rings. The number of nitrogens with one attached hydrogen (secondary N) is 1. The van der Waals surface area contributed by atoms with E-state index < -0.39 is 0 Å². The highest BCUT2D eigenvalue weighted by Gasteiger charge is 2.29. The van der Waals surface area contributed by atoms with Gasteiger partial charge in [0.2, 0.25) is 0 Å². The third-order valence-electron chi connectivity index (χ3n) is 4.11. The molecule has 4 nitrogen and oxygen atoms in total. The average Bonchev–Trinajstić information content (AvgIpc) is 2.69. The molecule has 0 amide bonds. The molecule has 2 aliphatic rings. The summed E-state index contributed by atoms with van der Waals surface area (Å²) >= 11 is 0. The van der Waals surface area contributed by atoms with Gasteiger partial charge in [-0.05, 0) is 25.2 Å². The van der Waals surface area contributed by atoms with Crippen LogP contribution in [0.25, 0.3) is 0 Å². The summed E-state index contributed by atoms with van der Waals surface area (Å²) in [5, 5.41) is 3.70. The Balaban J connectivity index is 1.79. The Kier molecular flexibility index (Phi) is 3.20. The van der Waals surface area contributed by atoms with Crippen molar-refractivity contribution in [1.82, 2.24) is 15.3 Å². The van der Waals surface area contributed by atoms with E-state index in [2.05, 4.69) is 40.1 Å². The van der Waals surface area contributed by atoms with E-state index in [4.69, 9.17) is 0 Å². The van der Waals surface area contributed by atoms with Crippen molar-refractivity contribution in [2.24, 2.45) is 0 Å². The normalized spacial score (nSPS) is 27.6. The highest BCUT2D eigenvalue weighted by molar-refractivity contribution is 5.40. The molecule has 4 heteroatoms. The van der Waals surface area contributed by atoms with Gasteiger partial charge in [-0.25, -0.2) is 9.97 Å². The molecule has 2 unspecified atom stereocenters. The second-order valence-corrected chi connectivity index (χ2v) is 5.83. The Bertz CT molecular complexity index is 418. The molecular formula is C14H22N4. The van der Waals surface area contributed by atoms with E-state index in [1.54, 1.807) is 6.33 Å². The monoisotopic (exact) mass is 246 g/mol. The van der Waals surface area contributed by atoms with E-state index in [-0.39, 0.29) is 0 Å². The molecule has 0 aromatic carbocycles. The fourth-order valence-corrected chi connectivity index (χ4v) is 3.00. The van der Waals surface area contributed by atoms with Gasteiger partial charge in [0, 0.05) is 36.9 Å². The number of rotatable bonds is 2. The third kappa shape index (κ3) is 2.34. The number of aromatic nitrogens is 2. The van der Waals surface area contributed by atoms with Crippen LogP contribution in [-0.2, 0) is 0 Å². The van der Waals surface area contributed by atoms with Crippen LogP contribution in [0.4, 0.5) is 5.82 Å². The maximum absolute atomic E-state index is 4.46. The lowest BCUT2D eigenvalue weighted by molar-refractivity contribution is 0.563. The highest BCUT2D eigenvalue weighted by Crippen LogP contribution is 2.24. The van der Waals surface area contributed by atoms with E-state index in [0.29, 0.717) is 12.0 Å². The molecule has 0 aliphatic carbocycles. The van der Waals surface area contributed by atoms with Crippen LogP contribution in [0, 0.1) is 0 Å². The zero-order valence-electron chi connectivity index (χ0n) is 11.3. The van der Waals surface area contributed by atoms with Gasteiger partial charge in [-0.15, -0.1) is 0 Å². The smallest absolute Gasteiger partial charge is 0.132 e. The molecule has 0 spiro atoms. The molecular weight excluding hydrogens is 224 g/mol. The van der Waals surface area contributed by atoms with Crippen LogP contribution >= 0.6 is 0 Å². The van der Waals surface area contributed by atoms with Crippen molar-refractivity contribution in [2.45, 2.75) is 51.1 Å². The van der Waals surface area contributed by atoms with E-state index >= 15 is 0 Å². The maximum Gasteiger partial charge on any atom is 0.132 e. The fraction of sp³-hybridized carbons (Fsp3) is 0.714. The minimum atomic E-state index is 0.466. The van der Waals surface area contributed by atoms with Crippen molar-refractivity contribution in [3.05, 3.63) is 18.1 Å². The first-order chi connectivity index (χ1) is 8.72. The third-order valence-corrected chi connectivity index (χ3v) is 4.11. The van der Waals surface area contributed by atoms with Crippen molar-refractivity contribution in [1.29, 1.82) is 0 Å². The number of hydrogen-bond donors (Lipinski definition) is 1. The first-order valence-electron chi connectivity index (χ1n) is 7.05. The zero-order chi connectivity index (χ0) is 12.5. The van der Waals surface area contributed by atoms with Gasteiger partial charge in [0.15, 0.2) is 0 Å². The van der Waals surface area contributed by atoms with E-state index in [0.717, 1.165) is 30.6 Å². The Morgan fingerprint density at radius 3 is 2.89 bits per heavy atom. The van der Waals surface area contributed by atoms with Crippen LogP contribution in [0.5, 0.6) is 0 Å². The first-order valence-corrected chi connectivity index (χ1v) is 7.05. The molecule has 3 rings (SSSR count). The Morgan fingerprint density at radius 2 is 2.06 bits per heavy atom. The molecule has 0 radical (unpaired) electrons. The van der Waals surface area contributed by atoms with Crippen molar-refractivity contribution in [3.8, 4) is 0 Å². The molecule has 3 heterocycles. The number of fused-ring (bicyclic) bond motifs is 2. The van der Waals surface area contributed by atoms with Gasteiger partial charge in [0.05, 0.1) is 0 Å². The summed E-state index contributed by atoms with van der Waals surface area (Å²) in [6.45, 7) is 6.56. The SMILES string of the molecule is CC(C)c1cc(N2CCC3CCC(C2)N3)ncn1. The second kappa shape index (κ2) is 4.84. The Hall–Kier alpha value is -1.16. The highest BCUT2D eigenvalue weighted by atomic mass is 15.2. The fourth-order valence-electron chi connectivity index (χ4n) is 3.00. The zero-order valence-corrected chi connectivity index (χ0v) is 11.3. The molecule has 2 aliphatic heterocycles. The van der Waals surface area contributed by atoms with Crippen LogP contribution < -0.4 is 10.2 Å². The summed E-state index contributed by atoms with van der Waals surface area (Å²) < 4.78 is 0. The van der Waals surface area contributed by atoms with E-state index in [1.807, 2.05) is 0 Å². The van der Waals surface area contributed by atoms with Crippen molar-refractivity contribution in [3.63, 3.8) is 0 Å². The van der Waals surface area contributed by atoms with Crippen molar-refractivity contribution in [2.75, 3.05) is 18.0 Å². The molecule has 2 atom stereocenters. The van der Waals surface area contributed by atoms with Gasteiger partial charge < -0.3 is 10.2 Å². The predicted octanol–water partition coefficient (Wildman–Crippen LogP) is 1.93. The Morgan fingerprint density at radius 1 is 1.22 bits per heavy atom. The van der Waals surface area contributed by atoms with Gasteiger partial charge in [-0.2, -0.15) is 0 Å². The standard InChI is InChI=1S/C14H22N4/c1-10(2)13-7-14(16-9-15-13)18-6-5-11-3-4-12(8-18)17-11/h7,9-12,17H,3-6,8H2,1-2H3. The molecule has 2 bridgehead atoms. The summed E-state index contributed by atoms with van der Waals surface area (Å²) in [5.74, 6) is 1.57. The van der Waals surface area contributed by atoms with Crippen LogP contribution in [-0.4, -0.2) is 35.1 Å². The van der Waals surface area contributed by atoms with Crippen LogP contribution in [0.3, 0.4) is 0 Å². The van der Waals surface area contributed by atoms with Crippen LogP contribution in [0.1, 0.15) is 44.7 Å². The molecule has 1 N–H and O–H groups in total. The van der Waals surface area contributed by atoms with Crippen molar-refractivity contribution >= 4 is 5.82 Å². The van der Waals surface area contributed by atoms with E-state index in [9.17, 15) is 0 Å². The lowest BCUT2D eigenvalue weighted by Gasteiger charge is -2.25. The number of hydrogen-bond acceptors (Lipinski definition) is 4. The van der Waals surface area contributed by atoms with Gasteiger partial charge in [0.25, 0.3) is 0 Å². The summed E-state index contributed by atoms with van der Waals surface area (Å²) in [7, 11) is 0. The summed E-state index contributed by atoms with van der Waals surface area (Å²) in [4.78, 5) is 11.2. The lowest BCUT2D eigenvalue weighted by atomic mass is 10.1. The molecule has 0 saturated carbocycles. The van der Waals surface area contributed by atoms with Gasteiger partial charge >= 0.3 is 0 Å². The van der Waals surface area contributed by atoms with Crippen LogP contribution in [0.15, 0.2) is 12.4 Å². The molecule has 1 aromatic rings.